The normalized spacial score (nSPS) is 12.3. The third-order valence-corrected chi connectivity index (χ3v) is 3.39. The molecule has 15 heavy (non-hydrogen) atoms. The van der Waals surface area contributed by atoms with Crippen LogP contribution in [0, 0.1) is 0 Å². The second-order valence-corrected chi connectivity index (χ2v) is 4.80. The predicted octanol–water partition coefficient (Wildman–Crippen LogP) is 3.26. The lowest BCUT2D eigenvalue weighted by atomic mass is 9.82. The molecule has 2 heteroatoms. The zero-order valence-corrected chi connectivity index (χ0v) is 9.91. The van der Waals surface area contributed by atoms with Crippen LogP contribution in [0.1, 0.15) is 32.8 Å². The van der Waals surface area contributed by atoms with E-state index in [0.717, 1.165) is 11.9 Å². The smallest absolute Gasteiger partial charge is 0.0955 e. The average Bonchev–Trinajstić information content (AvgIpc) is 2.60. The topological polar surface area (TPSA) is 17.8 Å². The molecule has 0 aliphatic carbocycles. The van der Waals surface area contributed by atoms with Crippen molar-refractivity contribution in [3.8, 4) is 0 Å². The van der Waals surface area contributed by atoms with E-state index in [9.17, 15) is 0 Å². The minimum absolute atomic E-state index is 0.242. The average molecular weight is 202 g/mol. The van der Waals surface area contributed by atoms with Crippen molar-refractivity contribution in [2.24, 2.45) is 7.05 Å². The van der Waals surface area contributed by atoms with Gasteiger partial charge in [0.2, 0.25) is 0 Å². The Morgan fingerprint density at radius 2 is 2.07 bits per heavy atom. The van der Waals surface area contributed by atoms with Crippen molar-refractivity contribution in [1.82, 2.24) is 9.55 Å². The number of aryl methyl sites for hydroxylation is 1. The van der Waals surface area contributed by atoms with E-state index >= 15 is 0 Å². The molecule has 0 aliphatic rings. The van der Waals surface area contributed by atoms with Gasteiger partial charge in [0, 0.05) is 7.05 Å². The number of hydrogen-bond acceptors (Lipinski definition) is 1. The van der Waals surface area contributed by atoms with Crippen LogP contribution in [0.2, 0.25) is 0 Å². The number of hydrogen-bond donors (Lipinski definition) is 0. The summed E-state index contributed by atoms with van der Waals surface area (Å²) in [5, 5.41) is 0. The van der Waals surface area contributed by atoms with Gasteiger partial charge in [-0.1, -0.05) is 26.8 Å². The Labute approximate surface area is 90.9 Å². The van der Waals surface area contributed by atoms with Crippen molar-refractivity contribution >= 4 is 11.0 Å². The number of imidazole rings is 1. The third-order valence-electron chi connectivity index (χ3n) is 3.39. The number of aromatic nitrogens is 2. The molecule has 0 amide bonds. The zero-order chi connectivity index (χ0) is 11.1. The fourth-order valence-electron chi connectivity index (χ4n) is 1.76. The van der Waals surface area contributed by atoms with Crippen molar-refractivity contribution in [2.75, 3.05) is 0 Å². The first kappa shape index (κ1) is 10.2. The van der Waals surface area contributed by atoms with Crippen LogP contribution in [-0.4, -0.2) is 9.55 Å². The largest absolute Gasteiger partial charge is 0.334 e. The lowest BCUT2D eigenvalue weighted by Crippen LogP contribution is -2.15. The van der Waals surface area contributed by atoms with Crippen LogP contribution in [0.5, 0.6) is 0 Å². The Morgan fingerprint density at radius 1 is 1.33 bits per heavy atom. The maximum Gasteiger partial charge on any atom is 0.0955 e. The molecule has 80 valence electrons. The number of fused-ring (bicyclic) bond motifs is 1. The van der Waals surface area contributed by atoms with Crippen LogP contribution < -0.4 is 0 Å². The summed E-state index contributed by atoms with van der Waals surface area (Å²) in [6, 6.07) is 6.58. The van der Waals surface area contributed by atoms with Crippen molar-refractivity contribution in [2.45, 2.75) is 32.6 Å². The van der Waals surface area contributed by atoms with Crippen LogP contribution >= 0.6 is 0 Å². The number of nitrogens with zero attached hydrogens (tertiary/aromatic N) is 2. The first-order valence-electron chi connectivity index (χ1n) is 5.46. The molecule has 1 heterocycles. The second-order valence-electron chi connectivity index (χ2n) is 4.80. The fraction of sp³-hybridized carbons (Fsp3) is 0.462. The molecule has 0 fully saturated rings. The molecule has 0 saturated heterocycles. The standard InChI is InChI=1S/C13H18N2/c1-5-13(2,3)10-6-7-12-11(8-10)14-9-15(12)4/h6-9H,5H2,1-4H3. The highest BCUT2D eigenvalue weighted by molar-refractivity contribution is 5.76. The maximum absolute atomic E-state index is 4.39. The van der Waals surface area contributed by atoms with Crippen LogP contribution in [-0.2, 0) is 12.5 Å². The monoisotopic (exact) mass is 202 g/mol. The van der Waals surface area contributed by atoms with Crippen LogP contribution in [0.25, 0.3) is 11.0 Å². The Balaban J connectivity index is 2.57. The van der Waals surface area contributed by atoms with Gasteiger partial charge < -0.3 is 4.57 Å². The van der Waals surface area contributed by atoms with E-state index in [1.807, 2.05) is 13.4 Å². The van der Waals surface area contributed by atoms with E-state index in [1.165, 1.54) is 11.1 Å². The van der Waals surface area contributed by atoms with Gasteiger partial charge in [0.25, 0.3) is 0 Å². The molecule has 1 aromatic heterocycles. The summed E-state index contributed by atoms with van der Waals surface area (Å²) in [7, 11) is 2.03. The lowest BCUT2D eigenvalue weighted by molar-refractivity contribution is 0.507. The second kappa shape index (κ2) is 3.37. The van der Waals surface area contributed by atoms with Crippen LogP contribution in [0.4, 0.5) is 0 Å². The van der Waals surface area contributed by atoms with E-state index in [2.05, 4.69) is 48.5 Å². The molecule has 0 aliphatic heterocycles. The molecule has 0 N–H and O–H groups in total. The fourth-order valence-corrected chi connectivity index (χ4v) is 1.76. The van der Waals surface area contributed by atoms with Gasteiger partial charge in [0.15, 0.2) is 0 Å². The SMILES string of the molecule is CCC(C)(C)c1ccc2c(c1)ncn2C. The highest BCUT2D eigenvalue weighted by Gasteiger charge is 2.18. The Hall–Kier alpha value is -1.31. The molecule has 2 nitrogen and oxygen atoms in total. The first-order valence-corrected chi connectivity index (χ1v) is 5.46. The summed E-state index contributed by atoms with van der Waals surface area (Å²) >= 11 is 0. The highest BCUT2D eigenvalue weighted by atomic mass is 15.0. The summed E-state index contributed by atoms with van der Waals surface area (Å²) in [4.78, 5) is 4.39. The summed E-state index contributed by atoms with van der Waals surface area (Å²) < 4.78 is 2.05. The molecule has 2 aromatic rings. The highest BCUT2D eigenvalue weighted by Crippen LogP contribution is 2.28. The Bertz CT molecular complexity index is 480. The summed E-state index contributed by atoms with van der Waals surface area (Å²) in [6.45, 7) is 6.77. The first-order chi connectivity index (χ1) is 7.04. The molecule has 1 aromatic carbocycles. The minimum Gasteiger partial charge on any atom is -0.334 e. The van der Waals surface area contributed by atoms with E-state index in [0.29, 0.717) is 0 Å². The molecular formula is C13H18N2. The molecule has 0 atom stereocenters. The van der Waals surface area contributed by atoms with E-state index in [4.69, 9.17) is 0 Å². The third kappa shape index (κ3) is 1.65. The van der Waals surface area contributed by atoms with E-state index in [-0.39, 0.29) is 5.41 Å². The number of rotatable bonds is 2. The van der Waals surface area contributed by atoms with Gasteiger partial charge in [-0.25, -0.2) is 4.98 Å². The Morgan fingerprint density at radius 3 is 2.73 bits per heavy atom. The van der Waals surface area contributed by atoms with Gasteiger partial charge >= 0.3 is 0 Å². The zero-order valence-electron chi connectivity index (χ0n) is 9.91. The molecule has 0 radical (unpaired) electrons. The summed E-state index contributed by atoms with van der Waals surface area (Å²) in [6.07, 6.45) is 3.01. The van der Waals surface area contributed by atoms with Crippen LogP contribution in [0.3, 0.4) is 0 Å². The van der Waals surface area contributed by atoms with Crippen molar-refractivity contribution in [3.63, 3.8) is 0 Å². The van der Waals surface area contributed by atoms with E-state index in [1.54, 1.807) is 0 Å². The molecule has 0 saturated carbocycles. The lowest BCUT2D eigenvalue weighted by Gasteiger charge is -2.23. The van der Waals surface area contributed by atoms with Crippen molar-refractivity contribution in [1.29, 1.82) is 0 Å². The summed E-state index contributed by atoms with van der Waals surface area (Å²) in [5.41, 5.74) is 3.91. The van der Waals surface area contributed by atoms with Gasteiger partial charge in [0.05, 0.1) is 17.4 Å². The maximum atomic E-state index is 4.39. The predicted molar refractivity (Wildman–Crippen MR) is 64.0 cm³/mol. The summed E-state index contributed by atoms with van der Waals surface area (Å²) in [5.74, 6) is 0. The van der Waals surface area contributed by atoms with Gasteiger partial charge in [-0.15, -0.1) is 0 Å². The number of benzene rings is 1. The van der Waals surface area contributed by atoms with Gasteiger partial charge in [-0.05, 0) is 29.5 Å². The molecular weight excluding hydrogens is 184 g/mol. The molecule has 0 spiro atoms. The van der Waals surface area contributed by atoms with Gasteiger partial charge in [-0.3, -0.25) is 0 Å². The quantitative estimate of drug-likeness (QED) is 0.731. The van der Waals surface area contributed by atoms with E-state index < -0.39 is 0 Å². The Kier molecular flexibility index (Phi) is 2.29. The van der Waals surface area contributed by atoms with Crippen LogP contribution in [0.15, 0.2) is 24.5 Å². The van der Waals surface area contributed by atoms with Crippen molar-refractivity contribution in [3.05, 3.63) is 30.1 Å². The molecule has 0 bridgehead atoms. The molecule has 0 unspecified atom stereocenters. The van der Waals surface area contributed by atoms with Gasteiger partial charge in [-0.2, -0.15) is 0 Å². The van der Waals surface area contributed by atoms with Crippen molar-refractivity contribution < 1.29 is 0 Å². The molecule has 2 rings (SSSR count). The van der Waals surface area contributed by atoms with Gasteiger partial charge in [0.1, 0.15) is 0 Å². The minimum atomic E-state index is 0.242.